The van der Waals surface area contributed by atoms with E-state index in [2.05, 4.69) is 39.2 Å². The fraction of sp³-hybridized carbons (Fsp3) is 0.0714. The zero-order valence-electron chi connectivity index (χ0n) is 10.3. The minimum Gasteiger partial charge on any atom is -0.307 e. The summed E-state index contributed by atoms with van der Waals surface area (Å²) in [7, 11) is 0. The summed E-state index contributed by atoms with van der Waals surface area (Å²) >= 11 is 7.67. The molecule has 0 spiro atoms. The highest BCUT2D eigenvalue weighted by molar-refractivity contribution is 9.10. The molecule has 3 nitrogen and oxygen atoms in total. The fourth-order valence-corrected chi connectivity index (χ4v) is 2.31. The van der Waals surface area contributed by atoms with E-state index in [1.165, 1.54) is 0 Å². The highest BCUT2D eigenvalue weighted by Crippen LogP contribution is 2.21. The van der Waals surface area contributed by atoms with Crippen molar-refractivity contribution in [1.29, 1.82) is 0 Å². The summed E-state index contributed by atoms with van der Waals surface area (Å²) in [5, 5.41) is 5.57. The zero-order chi connectivity index (χ0) is 13.8. The van der Waals surface area contributed by atoms with Gasteiger partial charge in [0.05, 0.1) is 5.69 Å². The molecule has 0 atom stereocenters. The van der Waals surface area contributed by atoms with Gasteiger partial charge in [-0.2, -0.15) is 0 Å². The van der Waals surface area contributed by atoms with E-state index >= 15 is 0 Å². The average Bonchev–Trinajstić information content (AvgIpc) is 2.36. The number of thiol groups is 1. The summed E-state index contributed by atoms with van der Waals surface area (Å²) in [4.78, 5) is 12.6. The maximum Gasteiger partial charge on any atom is 0.323 e. The largest absolute Gasteiger partial charge is 0.323 e. The van der Waals surface area contributed by atoms with Crippen LogP contribution >= 0.6 is 28.6 Å². The summed E-state index contributed by atoms with van der Waals surface area (Å²) in [5.41, 5.74) is 2.44. The van der Waals surface area contributed by atoms with Gasteiger partial charge < -0.3 is 10.6 Å². The highest BCUT2D eigenvalue weighted by atomic mass is 79.9. The second-order valence-corrected chi connectivity index (χ2v) is 5.45. The maximum atomic E-state index is 11.9. The number of rotatable bonds is 2. The first-order valence-electron chi connectivity index (χ1n) is 5.68. The standard InChI is InChI=1S/C14H13BrN2OS/c1-9-8-10(15)6-7-11(9)16-14(18)17-12-4-2-3-5-13(12)19/h2-8,19H,1H3,(H2,16,17,18). The Morgan fingerprint density at radius 1 is 1.11 bits per heavy atom. The molecule has 0 heterocycles. The van der Waals surface area contributed by atoms with Crippen LogP contribution in [0.4, 0.5) is 16.2 Å². The van der Waals surface area contributed by atoms with Crippen LogP contribution in [0.3, 0.4) is 0 Å². The van der Waals surface area contributed by atoms with Gasteiger partial charge in [-0.1, -0.05) is 28.1 Å². The topological polar surface area (TPSA) is 41.1 Å². The predicted octanol–water partition coefficient (Wildman–Crippen LogP) is 4.69. The molecule has 5 heteroatoms. The van der Waals surface area contributed by atoms with E-state index in [4.69, 9.17) is 0 Å². The Bertz CT molecular complexity index is 616. The van der Waals surface area contributed by atoms with Crippen molar-refractivity contribution in [2.45, 2.75) is 11.8 Å². The molecular formula is C14H13BrN2OS. The lowest BCUT2D eigenvalue weighted by molar-refractivity contribution is 0.262. The Hall–Kier alpha value is -1.46. The Labute approximate surface area is 126 Å². The lowest BCUT2D eigenvalue weighted by atomic mass is 10.2. The molecule has 2 rings (SSSR count). The van der Waals surface area contributed by atoms with Gasteiger partial charge in [0, 0.05) is 15.1 Å². The van der Waals surface area contributed by atoms with Gasteiger partial charge in [-0.25, -0.2) is 4.79 Å². The smallest absolute Gasteiger partial charge is 0.307 e. The number of urea groups is 1. The van der Waals surface area contributed by atoms with Crippen molar-refractivity contribution in [2.75, 3.05) is 10.6 Å². The van der Waals surface area contributed by atoms with Gasteiger partial charge in [0.1, 0.15) is 0 Å². The molecule has 0 aromatic heterocycles. The molecule has 0 bridgehead atoms. The minimum absolute atomic E-state index is 0.285. The number of nitrogens with one attached hydrogen (secondary N) is 2. The van der Waals surface area contributed by atoms with E-state index < -0.39 is 0 Å². The van der Waals surface area contributed by atoms with E-state index in [1.807, 2.05) is 43.3 Å². The molecule has 0 fully saturated rings. The van der Waals surface area contributed by atoms with Gasteiger partial charge >= 0.3 is 6.03 Å². The van der Waals surface area contributed by atoms with Crippen LogP contribution in [0.1, 0.15) is 5.56 Å². The third kappa shape index (κ3) is 3.75. The van der Waals surface area contributed by atoms with Crippen LogP contribution in [0.15, 0.2) is 51.8 Å². The Morgan fingerprint density at radius 3 is 2.47 bits per heavy atom. The van der Waals surface area contributed by atoms with E-state index in [0.29, 0.717) is 5.69 Å². The molecule has 2 aromatic rings. The van der Waals surface area contributed by atoms with Crippen molar-refractivity contribution in [2.24, 2.45) is 0 Å². The van der Waals surface area contributed by atoms with Gasteiger partial charge in [-0.05, 0) is 42.8 Å². The number of para-hydroxylation sites is 1. The van der Waals surface area contributed by atoms with Crippen LogP contribution < -0.4 is 10.6 Å². The van der Waals surface area contributed by atoms with Crippen molar-refractivity contribution in [3.05, 3.63) is 52.5 Å². The first-order chi connectivity index (χ1) is 9.06. The first kappa shape index (κ1) is 14.0. The van der Waals surface area contributed by atoms with Crippen molar-refractivity contribution >= 4 is 46.0 Å². The van der Waals surface area contributed by atoms with Crippen LogP contribution in [0.2, 0.25) is 0 Å². The van der Waals surface area contributed by atoms with Gasteiger partial charge in [0.2, 0.25) is 0 Å². The number of halogens is 1. The normalized spacial score (nSPS) is 10.1. The molecule has 98 valence electrons. The average molecular weight is 337 g/mol. The number of aryl methyl sites for hydroxylation is 1. The zero-order valence-corrected chi connectivity index (χ0v) is 12.8. The molecule has 2 aromatic carbocycles. The summed E-state index contributed by atoms with van der Waals surface area (Å²) in [6.45, 7) is 1.94. The Kier molecular flexibility index (Phi) is 4.50. The molecular weight excluding hydrogens is 324 g/mol. The van der Waals surface area contributed by atoms with E-state index in [0.717, 1.165) is 20.6 Å². The quantitative estimate of drug-likeness (QED) is 0.684. The lowest BCUT2D eigenvalue weighted by Gasteiger charge is -2.11. The van der Waals surface area contributed by atoms with Gasteiger partial charge in [0.15, 0.2) is 0 Å². The van der Waals surface area contributed by atoms with Crippen LogP contribution in [0.25, 0.3) is 0 Å². The van der Waals surface area contributed by atoms with Crippen molar-refractivity contribution in [3.8, 4) is 0 Å². The van der Waals surface area contributed by atoms with Crippen molar-refractivity contribution in [3.63, 3.8) is 0 Å². The summed E-state index contributed by atoms with van der Waals surface area (Å²) in [6, 6.07) is 12.7. The third-order valence-corrected chi connectivity index (χ3v) is 3.47. The van der Waals surface area contributed by atoms with Crippen LogP contribution in [-0.4, -0.2) is 6.03 Å². The number of hydrogen-bond donors (Lipinski definition) is 3. The van der Waals surface area contributed by atoms with Gasteiger partial charge in [0.25, 0.3) is 0 Å². The van der Waals surface area contributed by atoms with E-state index in [-0.39, 0.29) is 6.03 Å². The molecule has 0 saturated heterocycles. The third-order valence-electron chi connectivity index (χ3n) is 2.59. The number of hydrogen-bond acceptors (Lipinski definition) is 2. The van der Waals surface area contributed by atoms with Crippen molar-refractivity contribution in [1.82, 2.24) is 0 Å². The van der Waals surface area contributed by atoms with Crippen molar-refractivity contribution < 1.29 is 4.79 Å². The second kappa shape index (κ2) is 6.12. The highest BCUT2D eigenvalue weighted by Gasteiger charge is 2.06. The van der Waals surface area contributed by atoms with Gasteiger partial charge in [-0.3, -0.25) is 0 Å². The van der Waals surface area contributed by atoms with E-state index in [9.17, 15) is 4.79 Å². The van der Waals surface area contributed by atoms with Crippen LogP contribution in [-0.2, 0) is 0 Å². The number of carbonyl (C=O) groups is 1. The molecule has 0 unspecified atom stereocenters. The number of benzene rings is 2. The monoisotopic (exact) mass is 336 g/mol. The predicted molar refractivity (Wildman–Crippen MR) is 85.2 cm³/mol. The molecule has 0 saturated carbocycles. The number of anilines is 2. The molecule has 0 radical (unpaired) electrons. The SMILES string of the molecule is Cc1cc(Br)ccc1NC(=O)Nc1ccccc1S. The molecule has 0 aliphatic carbocycles. The Morgan fingerprint density at radius 2 is 1.79 bits per heavy atom. The molecule has 2 N–H and O–H groups in total. The van der Waals surface area contributed by atoms with Crippen LogP contribution in [0.5, 0.6) is 0 Å². The van der Waals surface area contributed by atoms with E-state index in [1.54, 1.807) is 6.07 Å². The molecule has 19 heavy (non-hydrogen) atoms. The summed E-state index contributed by atoms with van der Waals surface area (Å²) in [5.74, 6) is 0. The summed E-state index contributed by atoms with van der Waals surface area (Å²) in [6.07, 6.45) is 0. The molecule has 0 aliphatic heterocycles. The van der Waals surface area contributed by atoms with Crippen LogP contribution in [0, 0.1) is 6.92 Å². The number of carbonyl (C=O) groups excluding carboxylic acids is 1. The minimum atomic E-state index is -0.285. The lowest BCUT2D eigenvalue weighted by Crippen LogP contribution is -2.20. The fourth-order valence-electron chi connectivity index (χ4n) is 1.62. The molecule has 2 amide bonds. The maximum absolute atomic E-state index is 11.9. The number of amides is 2. The molecule has 0 aliphatic rings. The summed E-state index contributed by atoms with van der Waals surface area (Å²) < 4.78 is 0.983. The van der Waals surface area contributed by atoms with Gasteiger partial charge in [-0.15, -0.1) is 12.6 Å². The first-order valence-corrected chi connectivity index (χ1v) is 6.92. The second-order valence-electron chi connectivity index (χ2n) is 4.06. The Balaban J connectivity index is 2.08.